The molecule has 2 amide bonds. The number of carbonyl (C=O) groups is 2. The zero-order valence-electron chi connectivity index (χ0n) is 10.9. The molecule has 0 aromatic carbocycles. The Morgan fingerprint density at radius 1 is 1.28 bits per heavy atom. The van der Waals surface area contributed by atoms with Crippen molar-refractivity contribution in [3.8, 4) is 0 Å². The van der Waals surface area contributed by atoms with Crippen LogP contribution < -0.4 is 5.32 Å². The van der Waals surface area contributed by atoms with Gasteiger partial charge in [-0.2, -0.15) is 0 Å². The minimum absolute atomic E-state index is 0.0404. The Labute approximate surface area is 106 Å². The first kappa shape index (κ1) is 14.1. The molecule has 1 aromatic rings. The van der Waals surface area contributed by atoms with E-state index in [1.807, 2.05) is 13.8 Å². The fourth-order valence-electron chi connectivity index (χ4n) is 1.42. The molecule has 0 fully saturated rings. The highest BCUT2D eigenvalue weighted by molar-refractivity contribution is 5.94. The van der Waals surface area contributed by atoms with Crippen LogP contribution in [-0.2, 0) is 4.79 Å². The normalized spacial score (nSPS) is 9.94. The lowest BCUT2D eigenvalue weighted by Crippen LogP contribution is -2.40. The van der Waals surface area contributed by atoms with Gasteiger partial charge in [0.1, 0.15) is 5.69 Å². The van der Waals surface area contributed by atoms with E-state index in [0.29, 0.717) is 13.1 Å². The predicted molar refractivity (Wildman–Crippen MR) is 67.0 cm³/mol. The number of hydrogen-bond donors (Lipinski definition) is 1. The third-order valence-corrected chi connectivity index (χ3v) is 2.38. The molecule has 1 aromatic heterocycles. The van der Waals surface area contributed by atoms with Crippen molar-refractivity contribution in [2.45, 2.75) is 20.8 Å². The van der Waals surface area contributed by atoms with Crippen LogP contribution in [0.1, 0.15) is 30.0 Å². The van der Waals surface area contributed by atoms with Crippen LogP contribution in [0.25, 0.3) is 0 Å². The summed E-state index contributed by atoms with van der Waals surface area (Å²) in [4.78, 5) is 33.0. The van der Waals surface area contributed by atoms with E-state index in [9.17, 15) is 9.59 Å². The molecule has 0 atom stereocenters. The Kier molecular flexibility index (Phi) is 5.23. The van der Waals surface area contributed by atoms with E-state index < -0.39 is 0 Å². The molecule has 0 saturated heterocycles. The van der Waals surface area contributed by atoms with E-state index in [-0.39, 0.29) is 24.1 Å². The van der Waals surface area contributed by atoms with Crippen molar-refractivity contribution in [1.29, 1.82) is 0 Å². The monoisotopic (exact) mass is 250 g/mol. The molecule has 6 nitrogen and oxygen atoms in total. The molecule has 1 N–H and O–H groups in total. The summed E-state index contributed by atoms with van der Waals surface area (Å²) in [6.45, 7) is 6.49. The van der Waals surface area contributed by atoms with Crippen LogP contribution in [0.15, 0.2) is 12.4 Å². The Bertz CT molecular complexity index is 417. The lowest BCUT2D eigenvalue weighted by molar-refractivity contribution is -0.121. The van der Waals surface area contributed by atoms with Crippen LogP contribution in [0, 0.1) is 6.92 Å². The summed E-state index contributed by atoms with van der Waals surface area (Å²) >= 11 is 0. The summed E-state index contributed by atoms with van der Waals surface area (Å²) < 4.78 is 0. The molecule has 0 aliphatic carbocycles. The van der Waals surface area contributed by atoms with Crippen molar-refractivity contribution in [1.82, 2.24) is 20.2 Å². The highest BCUT2D eigenvalue weighted by Crippen LogP contribution is 2.01. The van der Waals surface area contributed by atoms with Gasteiger partial charge in [0.05, 0.1) is 18.4 Å². The van der Waals surface area contributed by atoms with Gasteiger partial charge in [-0.1, -0.05) is 0 Å². The zero-order valence-corrected chi connectivity index (χ0v) is 10.9. The van der Waals surface area contributed by atoms with Crippen LogP contribution in [0.2, 0.25) is 0 Å². The highest BCUT2D eigenvalue weighted by Gasteiger charge is 2.18. The van der Waals surface area contributed by atoms with Gasteiger partial charge in [-0.05, 0) is 20.8 Å². The summed E-state index contributed by atoms with van der Waals surface area (Å²) in [6, 6.07) is 0. The van der Waals surface area contributed by atoms with Gasteiger partial charge in [-0.15, -0.1) is 0 Å². The van der Waals surface area contributed by atoms with Crippen molar-refractivity contribution < 1.29 is 9.59 Å². The third-order valence-electron chi connectivity index (χ3n) is 2.38. The van der Waals surface area contributed by atoms with Gasteiger partial charge in [-0.25, -0.2) is 4.98 Å². The van der Waals surface area contributed by atoms with Gasteiger partial charge in [0.15, 0.2) is 0 Å². The summed E-state index contributed by atoms with van der Waals surface area (Å²) in [5.74, 6) is -0.455. The molecule has 1 rings (SSSR count). The van der Waals surface area contributed by atoms with Crippen LogP contribution in [0.3, 0.4) is 0 Å². The first-order valence-electron chi connectivity index (χ1n) is 5.93. The van der Waals surface area contributed by atoms with E-state index >= 15 is 0 Å². The molecular formula is C12H18N4O2. The second-order valence-electron chi connectivity index (χ2n) is 3.82. The van der Waals surface area contributed by atoms with Crippen molar-refractivity contribution >= 4 is 11.8 Å². The first-order valence-corrected chi connectivity index (χ1v) is 5.93. The topological polar surface area (TPSA) is 75.2 Å². The molecule has 0 saturated carbocycles. The Morgan fingerprint density at radius 3 is 2.50 bits per heavy atom. The summed E-state index contributed by atoms with van der Waals surface area (Å²) in [7, 11) is 0. The first-order chi connectivity index (χ1) is 8.58. The maximum absolute atomic E-state index is 12.1. The molecule has 0 bridgehead atoms. The van der Waals surface area contributed by atoms with E-state index in [0.717, 1.165) is 5.69 Å². The fourth-order valence-corrected chi connectivity index (χ4v) is 1.42. The number of amides is 2. The van der Waals surface area contributed by atoms with Crippen molar-refractivity contribution in [3.63, 3.8) is 0 Å². The molecule has 0 aliphatic heterocycles. The summed E-state index contributed by atoms with van der Waals surface area (Å²) in [5.41, 5.74) is 1.00. The molecule has 0 unspecified atom stereocenters. The van der Waals surface area contributed by atoms with Crippen molar-refractivity contribution in [2.24, 2.45) is 0 Å². The van der Waals surface area contributed by atoms with E-state index in [4.69, 9.17) is 0 Å². The van der Waals surface area contributed by atoms with Crippen LogP contribution in [0.5, 0.6) is 0 Å². The second-order valence-corrected chi connectivity index (χ2v) is 3.82. The number of nitrogens with one attached hydrogen (secondary N) is 1. The predicted octanol–water partition coefficient (Wildman–Crippen LogP) is 0.383. The molecule has 6 heteroatoms. The SMILES string of the molecule is CCNC(=O)CN(CC)C(=O)c1cnc(C)cn1. The molecule has 98 valence electrons. The van der Waals surface area contributed by atoms with Gasteiger partial charge in [-0.3, -0.25) is 14.6 Å². The van der Waals surface area contributed by atoms with Crippen molar-refractivity contribution in [2.75, 3.05) is 19.6 Å². The maximum atomic E-state index is 12.1. The standard InChI is InChI=1S/C12H18N4O2/c1-4-13-11(17)8-16(5-2)12(18)10-7-14-9(3)6-15-10/h6-7H,4-5,8H2,1-3H3,(H,13,17). The van der Waals surface area contributed by atoms with E-state index in [1.54, 1.807) is 6.92 Å². The van der Waals surface area contributed by atoms with E-state index in [2.05, 4.69) is 15.3 Å². The van der Waals surface area contributed by atoms with Gasteiger partial charge in [0, 0.05) is 19.3 Å². The molecule has 0 spiro atoms. The lowest BCUT2D eigenvalue weighted by Gasteiger charge is -2.19. The average molecular weight is 250 g/mol. The lowest BCUT2D eigenvalue weighted by atomic mass is 10.3. The van der Waals surface area contributed by atoms with Gasteiger partial charge >= 0.3 is 0 Å². The number of hydrogen-bond acceptors (Lipinski definition) is 4. The van der Waals surface area contributed by atoms with E-state index in [1.165, 1.54) is 17.3 Å². The molecule has 18 heavy (non-hydrogen) atoms. The minimum Gasteiger partial charge on any atom is -0.355 e. The molecule has 0 aliphatic rings. The zero-order chi connectivity index (χ0) is 13.5. The Hall–Kier alpha value is -1.98. The van der Waals surface area contributed by atoms with Crippen LogP contribution in [-0.4, -0.2) is 46.3 Å². The largest absolute Gasteiger partial charge is 0.355 e. The maximum Gasteiger partial charge on any atom is 0.274 e. The number of rotatable bonds is 5. The van der Waals surface area contributed by atoms with Gasteiger partial charge in [0.25, 0.3) is 5.91 Å². The summed E-state index contributed by atoms with van der Waals surface area (Å²) in [6.07, 6.45) is 2.96. The molecular weight excluding hydrogens is 232 g/mol. The summed E-state index contributed by atoms with van der Waals surface area (Å²) in [5, 5.41) is 2.66. The second kappa shape index (κ2) is 6.68. The van der Waals surface area contributed by atoms with Crippen LogP contribution in [0.4, 0.5) is 0 Å². The van der Waals surface area contributed by atoms with Crippen molar-refractivity contribution in [3.05, 3.63) is 23.8 Å². The Balaban J connectivity index is 2.73. The smallest absolute Gasteiger partial charge is 0.274 e. The number of aryl methyl sites for hydroxylation is 1. The minimum atomic E-state index is -0.281. The fraction of sp³-hybridized carbons (Fsp3) is 0.500. The number of aromatic nitrogens is 2. The number of carbonyl (C=O) groups excluding carboxylic acids is 2. The van der Waals surface area contributed by atoms with Gasteiger partial charge in [0.2, 0.25) is 5.91 Å². The number of likely N-dealkylation sites (N-methyl/N-ethyl adjacent to an activating group) is 2. The highest BCUT2D eigenvalue weighted by atomic mass is 16.2. The quantitative estimate of drug-likeness (QED) is 0.820. The van der Waals surface area contributed by atoms with Gasteiger partial charge < -0.3 is 10.2 Å². The molecule has 1 heterocycles. The average Bonchev–Trinajstić information content (AvgIpc) is 2.36. The Morgan fingerprint density at radius 2 is 2.00 bits per heavy atom. The number of nitrogens with zero attached hydrogens (tertiary/aromatic N) is 3. The third kappa shape index (κ3) is 3.80. The van der Waals surface area contributed by atoms with Crippen LogP contribution >= 0.6 is 0 Å². The molecule has 0 radical (unpaired) electrons.